The van der Waals surface area contributed by atoms with Crippen molar-refractivity contribution < 1.29 is 27.8 Å². The lowest BCUT2D eigenvalue weighted by Crippen LogP contribution is -2.50. The first-order valence-electron chi connectivity index (χ1n) is 7.23. The van der Waals surface area contributed by atoms with E-state index in [4.69, 9.17) is 4.74 Å². The van der Waals surface area contributed by atoms with Gasteiger partial charge in [0.2, 0.25) is 0 Å². The molecule has 0 aliphatic carbocycles. The number of aliphatic hydroxyl groups excluding tert-OH is 1. The molecule has 0 bridgehead atoms. The number of alkyl halides is 3. The number of hydrogen-bond donors (Lipinski definition) is 2. The van der Waals surface area contributed by atoms with Crippen LogP contribution in [0.5, 0.6) is 0 Å². The number of benzene rings is 1. The number of amides is 1. The maximum atomic E-state index is 12.9. The number of ether oxygens (including phenoxy) is 1. The molecule has 1 aromatic rings. The first kappa shape index (κ1) is 19.3. The Morgan fingerprint density at radius 2 is 1.78 bits per heavy atom. The number of nitrogens with one attached hydrogen (secondary N) is 1. The Labute approximate surface area is 133 Å². The van der Waals surface area contributed by atoms with Crippen molar-refractivity contribution in [3.63, 3.8) is 0 Å². The lowest BCUT2D eigenvalue weighted by molar-refractivity contribution is -0.137. The summed E-state index contributed by atoms with van der Waals surface area (Å²) in [6.45, 7) is 6.12. The third-order valence-corrected chi connectivity index (χ3v) is 3.36. The topological polar surface area (TPSA) is 58.6 Å². The van der Waals surface area contributed by atoms with E-state index >= 15 is 0 Å². The summed E-state index contributed by atoms with van der Waals surface area (Å²) in [5.74, 6) is 0. The van der Waals surface area contributed by atoms with Gasteiger partial charge >= 0.3 is 12.3 Å². The number of carbonyl (C=O) groups is 1. The molecule has 7 heteroatoms. The number of alkyl carbamates (subject to hydrolysis) is 1. The summed E-state index contributed by atoms with van der Waals surface area (Å²) >= 11 is 0. The van der Waals surface area contributed by atoms with Crippen molar-refractivity contribution >= 4 is 6.09 Å². The second-order valence-electron chi connectivity index (χ2n) is 6.30. The Hall–Kier alpha value is -1.76. The van der Waals surface area contributed by atoms with Crippen molar-refractivity contribution in [3.05, 3.63) is 35.4 Å². The van der Waals surface area contributed by atoms with Crippen molar-refractivity contribution in [2.45, 2.75) is 51.4 Å². The van der Waals surface area contributed by atoms with Gasteiger partial charge in [-0.3, -0.25) is 0 Å². The van der Waals surface area contributed by atoms with Crippen LogP contribution in [0.1, 0.15) is 45.2 Å². The Kier molecular flexibility index (Phi) is 5.69. The normalized spacial score (nSPS) is 15.0. The van der Waals surface area contributed by atoms with Crippen molar-refractivity contribution in [1.82, 2.24) is 5.32 Å². The Morgan fingerprint density at radius 3 is 2.22 bits per heavy atom. The molecule has 1 amide bonds. The van der Waals surface area contributed by atoms with Gasteiger partial charge < -0.3 is 15.2 Å². The highest BCUT2D eigenvalue weighted by atomic mass is 19.4. The summed E-state index contributed by atoms with van der Waals surface area (Å²) in [6, 6.07) is 4.55. The maximum absolute atomic E-state index is 12.9. The molecule has 4 nitrogen and oxygen atoms in total. The highest BCUT2D eigenvalue weighted by molar-refractivity contribution is 5.69. The molecule has 1 aromatic carbocycles. The molecule has 1 unspecified atom stereocenters. The second-order valence-corrected chi connectivity index (χ2v) is 6.30. The van der Waals surface area contributed by atoms with E-state index in [1.54, 1.807) is 27.7 Å². The van der Waals surface area contributed by atoms with Crippen LogP contribution < -0.4 is 5.32 Å². The van der Waals surface area contributed by atoms with E-state index in [2.05, 4.69) is 5.32 Å². The summed E-state index contributed by atoms with van der Waals surface area (Å²) in [4.78, 5) is 12.0. The van der Waals surface area contributed by atoms with Crippen LogP contribution >= 0.6 is 0 Å². The molecular weight excluding hydrogens is 311 g/mol. The molecule has 0 radical (unpaired) electrons. The SMILES string of the molecule is CCC(CO)(NC(=O)OC(C)(C)C)c1cccc(C(F)(F)F)c1. The molecule has 23 heavy (non-hydrogen) atoms. The Bertz CT molecular complexity index is 546. The molecule has 0 aromatic heterocycles. The van der Waals surface area contributed by atoms with Gasteiger partial charge in [-0.1, -0.05) is 19.1 Å². The standard InChI is InChI=1S/C16H22F3NO3/c1-5-15(10-21,20-13(22)23-14(2,3)4)11-7-6-8-12(9-11)16(17,18)19/h6-9,21H,5,10H2,1-4H3,(H,20,22). The zero-order chi connectivity index (χ0) is 17.9. The van der Waals surface area contributed by atoms with Crippen molar-refractivity contribution in [3.8, 4) is 0 Å². The van der Waals surface area contributed by atoms with Gasteiger partial charge in [-0.15, -0.1) is 0 Å². The molecule has 1 atom stereocenters. The molecule has 0 aliphatic rings. The van der Waals surface area contributed by atoms with Crippen LogP contribution in [0.4, 0.5) is 18.0 Å². The van der Waals surface area contributed by atoms with E-state index in [9.17, 15) is 23.1 Å². The minimum atomic E-state index is -4.50. The summed E-state index contributed by atoms with van der Waals surface area (Å²) in [6.07, 6.45) is -5.10. The summed E-state index contributed by atoms with van der Waals surface area (Å²) in [5.41, 5.74) is -2.77. The third kappa shape index (κ3) is 5.13. The second kappa shape index (κ2) is 6.78. The van der Waals surface area contributed by atoms with Gasteiger partial charge in [-0.25, -0.2) is 4.79 Å². The summed E-state index contributed by atoms with van der Waals surface area (Å²) in [7, 11) is 0. The highest BCUT2D eigenvalue weighted by Gasteiger charge is 2.36. The lowest BCUT2D eigenvalue weighted by Gasteiger charge is -2.34. The third-order valence-electron chi connectivity index (χ3n) is 3.36. The predicted molar refractivity (Wildman–Crippen MR) is 79.9 cm³/mol. The van der Waals surface area contributed by atoms with Crippen molar-refractivity contribution in [1.29, 1.82) is 0 Å². The van der Waals surface area contributed by atoms with E-state index in [1.807, 2.05) is 0 Å². The first-order chi connectivity index (χ1) is 10.4. The number of halogens is 3. The molecule has 2 N–H and O–H groups in total. The highest BCUT2D eigenvalue weighted by Crippen LogP contribution is 2.33. The van der Waals surface area contributed by atoms with Crippen molar-refractivity contribution in [2.24, 2.45) is 0 Å². The zero-order valence-corrected chi connectivity index (χ0v) is 13.6. The van der Waals surface area contributed by atoms with Crippen LogP contribution in [0.3, 0.4) is 0 Å². The van der Waals surface area contributed by atoms with Gasteiger partial charge in [-0.2, -0.15) is 13.2 Å². The predicted octanol–water partition coefficient (Wildman–Crippen LogP) is 3.83. The van der Waals surface area contributed by atoms with Gasteiger partial charge in [0, 0.05) is 0 Å². The average Bonchev–Trinajstić information content (AvgIpc) is 2.42. The zero-order valence-electron chi connectivity index (χ0n) is 13.6. The first-order valence-corrected chi connectivity index (χ1v) is 7.23. The molecule has 1 rings (SSSR count). The van der Waals surface area contributed by atoms with E-state index in [0.29, 0.717) is 0 Å². The minimum Gasteiger partial charge on any atom is -0.444 e. The van der Waals surface area contributed by atoms with Gasteiger partial charge in [0.05, 0.1) is 17.7 Å². The van der Waals surface area contributed by atoms with Crippen LogP contribution in [0.2, 0.25) is 0 Å². The fourth-order valence-corrected chi connectivity index (χ4v) is 2.10. The van der Waals surface area contributed by atoms with Crippen LogP contribution in [-0.2, 0) is 16.5 Å². The largest absolute Gasteiger partial charge is 0.444 e. The number of carbonyl (C=O) groups excluding carboxylic acids is 1. The average molecular weight is 333 g/mol. The fourth-order valence-electron chi connectivity index (χ4n) is 2.10. The van der Waals surface area contributed by atoms with Crippen LogP contribution in [0.25, 0.3) is 0 Å². The molecule has 0 spiro atoms. The van der Waals surface area contributed by atoms with E-state index in [0.717, 1.165) is 12.1 Å². The van der Waals surface area contributed by atoms with Crippen LogP contribution in [0.15, 0.2) is 24.3 Å². The van der Waals surface area contributed by atoms with Gasteiger partial charge in [0.15, 0.2) is 0 Å². The number of aliphatic hydroxyl groups is 1. The molecule has 0 heterocycles. The number of rotatable bonds is 4. The van der Waals surface area contributed by atoms with E-state index < -0.39 is 35.6 Å². The summed E-state index contributed by atoms with van der Waals surface area (Å²) in [5, 5.41) is 12.2. The smallest absolute Gasteiger partial charge is 0.416 e. The Morgan fingerprint density at radius 1 is 1.22 bits per heavy atom. The van der Waals surface area contributed by atoms with Crippen molar-refractivity contribution in [2.75, 3.05) is 6.61 Å². The summed E-state index contributed by atoms with van der Waals surface area (Å²) < 4.78 is 43.8. The van der Waals surface area contributed by atoms with Gasteiger partial charge in [-0.05, 0) is 44.9 Å². The molecule has 130 valence electrons. The fraction of sp³-hybridized carbons (Fsp3) is 0.562. The molecular formula is C16H22F3NO3. The maximum Gasteiger partial charge on any atom is 0.416 e. The Balaban J connectivity index is 3.17. The number of hydrogen-bond acceptors (Lipinski definition) is 3. The van der Waals surface area contributed by atoms with Gasteiger partial charge in [0.1, 0.15) is 5.60 Å². The molecule has 0 saturated carbocycles. The monoisotopic (exact) mass is 333 g/mol. The lowest BCUT2D eigenvalue weighted by atomic mass is 9.87. The van der Waals surface area contributed by atoms with Crippen LogP contribution in [0, 0.1) is 0 Å². The molecule has 0 fully saturated rings. The van der Waals surface area contributed by atoms with Gasteiger partial charge in [0.25, 0.3) is 0 Å². The van der Waals surface area contributed by atoms with E-state index in [-0.39, 0.29) is 12.0 Å². The van der Waals surface area contributed by atoms with E-state index in [1.165, 1.54) is 12.1 Å². The molecule has 0 aliphatic heterocycles. The van der Waals surface area contributed by atoms with Crippen LogP contribution in [-0.4, -0.2) is 23.4 Å². The minimum absolute atomic E-state index is 0.170. The molecule has 0 saturated heterocycles. The quantitative estimate of drug-likeness (QED) is 0.880.